The number of para-hydroxylation sites is 2. The Labute approximate surface area is 125 Å². The molecule has 0 saturated carbocycles. The molecule has 0 fully saturated rings. The van der Waals surface area contributed by atoms with Gasteiger partial charge in [-0.2, -0.15) is 0 Å². The maximum Gasteiger partial charge on any atom is 0.0958 e. The number of nitrogens with one attached hydrogen (secondary N) is 1. The van der Waals surface area contributed by atoms with Crippen molar-refractivity contribution in [3.05, 3.63) is 65.5 Å². The number of rotatable bonds is 4. The molecule has 2 aromatic carbocycles. The molecule has 3 heteroatoms. The molecule has 0 aliphatic rings. The second-order valence-electron chi connectivity index (χ2n) is 5.59. The highest BCUT2D eigenvalue weighted by Crippen LogP contribution is 2.22. The molecule has 0 spiro atoms. The number of aromatic nitrogens is 2. The van der Waals surface area contributed by atoms with Gasteiger partial charge in [0.25, 0.3) is 0 Å². The third-order valence-electron chi connectivity index (χ3n) is 4.07. The smallest absolute Gasteiger partial charge is 0.0958 e. The summed E-state index contributed by atoms with van der Waals surface area (Å²) in [7, 11) is 2.02. The Morgan fingerprint density at radius 2 is 1.95 bits per heavy atom. The quantitative estimate of drug-likeness (QED) is 0.790. The average molecular weight is 279 g/mol. The van der Waals surface area contributed by atoms with E-state index in [1.165, 1.54) is 22.2 Å². The van der Waals surface area contributed by atoms with Crippen LogP contribution in [-0.2, 0) is 6.54 Å². The Kier molecular flexibility index (Phi) is 3.76. The van der Waals surface area contributed by atoms with Gasteiger partial charge >= 0.3 is 0 Å². The summed E-state index contributed by atoms with van der Waals surface area (Å²) in [6, 6.07) is 15.2. The van der Waals surface area contributed by atoms with Crippen LogP contribution in [0.3, 0.4) is 0 Å². The molecule has 108 valence electrons. The normalized spacial score (nSPS) is 12.7. The van der Waals surface area contributed by atoms with Gasteiger partial charge in [0.2, 0.25) is 0 Å². The first-order valence-corrected chi connectivity index (χ1v) is 7.33. The predicted molar refractivity (Wildman–Crippen MR) is 87.4 cm³/mol. The van der Waals surface area contributed by atoms with Crippen molar-refractivity contribution in [1.29, 1.82) is 0 Å². The summed E-state index contributed by atoms with van der Waals surface area (Å²) in [5.74, 6) is 0. The zero-order valence-electron chi connectivity index (χ0n) is 12.8. The third-order valence-corrected chi connectivity index (χ3v) is 4.07. The fourth-order valence-corrected chi connectivity index (χ4v) is 2.83. The Hall–Kier alpha value is -2.13. The summed E-state index contributed by atoms with van der Waals surface area (Å²) < 4.78 is 2.22. The Balaban J connectivity index is 1.96. The van der Waals surface area contributed by atoms with Crippen molar-refractivity contribution in [1.82, 2.24) is 14.9 Å². The fraction of sp³-hybridized carbons (Fsp3) is 0.278. The van der Waals surface area contributed by atoms with Gasteiger partial charge < -0.3 is 9.88 Å². The van der Waals surface area contributed by atoms with Gasteiger partial charge in [-0.25, -0.2) is 4.98 Å². The maximum atomic E-state index is 4.47. The molecule has 1 atom stereocenters. The van der Waals surface area contributed by atoms with Crippen molar-refractivity contribution >= 4 is 11.0 Å². The first-order chi connectivity index (χ1) is 10.2. The Morgan fingerprint density at radius 1 is 1.14 bits per heavy atom. The molecular formula is C18H21N3. The molecule has 0 amide bonds. The standard InChI is InChI=1S/C18H21N3/c1-13-8-9-14(2)15(10-13)17(19-3)11-21-12-20-16-6-4-5-7-18(16)21/h4-10,12,17,19H,11H2,1-3H3. The minimum Gasteiger partial charge on any atom is -0.329 e. The van der Waals surface area contributed by atoms with E-state index in [1.54, 1.807) is 0 Å². The van der Waals surface area contributed by atoms with Crippen molar-refractivity contribution in [3.63, 3.8) is 0 Å². The molecule has 1 unspecified atom stereocenters. The molecule has 0 saturated heterocycles. The number of fused-ring (bicyclic) bond motifs is 1. The van der Waals surface area contributed by atoms with Crippen LogP contribution in [0.2, 0.25) is 0 Å². The third kappa shape index (κ3) is 2.69. The van der Waals surface area contributed by atoms with Gasteiger partial charge in [-0.1, -0.05) is 35.9 Å². The van der Waals surface area contributed by atoms with E-state index in [2.05, 4.69) is 65.1 Å². The first-order valence-electron chi connectivity index (χ1n) is 7.33. The van der Waals surface area contributed by atoms with Gasteiger partial charge in [-0.05, 0) is 44.2 Å². The van der Waals surface area contributed by atoms with E-state index in [0.29, 0.717) is 0 Å². The van der Waals surface area contributed by atoms with Crippen molar-refractivity contribution < 1.29 is 0 Å². The maximum absolute atomic E-state index is 4.47. The molecule has 21 heavy (non-hydrogen) atoms. The number of hydrogen-bond donors (Lipinski definition) is 1. The highest BCUT2D eigenvalue weighted by molar-refractivity contribution is 5.74. The van der Waals surface area contributed by atoms with Gasteiger partial charge in [0.1, 0.15) is 0 Å². The van der Waals surface area contributed by atoms with Crippen LogP contribution in [0.4, 0.5) is 0 Å². The van der Waals surface area contributed by atoms with E-state index in [9.17, 15) is 0 Å². The number of benzene rings is 2. The molecule has 0 bridgehead atoms. The SMILES string of the molecule is CNC(Cn1cnc2ccccc21)c1cc(C)ccc1C. The minimum absolute atomic E-state index is 0.280. The van der Waals surface area contributed by atoms with Crippen LogP contribution in [-0.4, -0.2) is 16.6 Å². The average Bonchev–Trinajstić information content (AvgIpc) is 2.91. The van der Waals surface area contributed by atoms with Crippen LogP contribution in [0.1, 0.15) is 22.7 Å². The molecule has 1 N–H and O–H groups in total. The molecule has 0 radical (unpaired) electrons. The van der Waals surface area contributed by atoms with Crippen LogP contribution in [0.15, 0.2) is 48.8 Å². The zero-order valence-corrected chi connectivity index (χ0v) is 12.8. The lowest BCUT2D eigenvalue weighted by molar-refractivity contribution is 0.506. The summed E-state index contributed by atoms with van der Waals surface area (Å²) in [6.45, 7) is 5.19. The van der Waals surface area contributed by atoms with Crippen LogP contribution >= 0.6 is 0 Å². The number of nitrogens with zero attached hydrogens (tertiary/aromatic N) is 2. The molecule has 1 aromatic heterocycles. The van der Waals surface area contributed by atoms with Gasteiger partial charge in [-0.15, -0.1) is 0 Å². The number of aryl methyl sites for hydroxylation is 2. The highest BCUT2D eigenvalue weighted by Gasteiger charge is 2.14. The van der Waals surface area contributed by atoms with Crippen molar-refractivity contribution in [2.75, 3.05) is 7.05 Å². The van der Waals surface area contributed by atoms with Crippen LogP contribution in [0.25, 0.3) is 11.0 Å². The van der Waals surface area contributed by atoms with E-state index < -0.39 is 0 Å². The minimum atomic E-state index is 0.280. The second kappa shape index (κ2) is 5.70. The van der Waals surface area contributed by atoms with Crippen LogP contribution < -0.4 is 5.32 Å². The lowest BCUT2D eigenvalue weighted by Gasteiger charge is -2.20. The molecule has 3 aromatic rings. The Bertz CT molecular complexity index is 758. The summed E-state index contributed by atoms with van der Waals surface area (Å²) in [6.07, 6.45) is 1.93. The summed E-state index contributed by atoms with van der Waals surface area (Å²) in [4.78, 5) is 4.47. The molecule has 0 aliphatic heterocycles. The second-order valence-corrected chi connectivity index (χ2v) is 5.59. The summed E-state index contributed by atoms with van der Waals surface area (Å²) >= 11 is 0. The van der Waals surface area contributed by atoms with Gasteiger partial charge in [0, 0.05) is 6.54 Å². The van der Waals surface area contributed by atoms with E-state index in [1.807, 2.05) is 19.4 Å². The summed E-state index contributed by atoms with van der Waals surface area (Å²) in [5, 5.41) is 3.44. The zero-order chi connectivity index (χ0) is 14.8. The van der Waals surface area contributed by atoms with E-state index in [0.717, 1.165) is 12.1 Å². The molecular weight excluding hydrogens is 258 g/mol. The number of imidazole rings is 1. The van der Waals surface area contributed by atoms with E-state index in [4.69, 9.17) is 0 Å². The molecule has 0 aliphatic carbocycles. The first kappa shape index (κ1) is 13.8. The lowest BCUT2D eigenvalue weighted by atomic mass is 9.99. The monoisotopic (exact) mass is 279 g/mol. The van der Waals surface area contributed by atoms with Gasteiger partial charge in [-0.3, -0.25) is 0 Å². The van der Waals surface area contributed by atoms with Crippen LogP contribution in [0.5, 0.6) is 0 Å². The van der Waals surface area contributed by atoms with Crippen molar-refractivity contribution in [3.8, 4) is 0 Å². The predicted octanol–water partition coefficient (Wildman–Crippen LogP) is 3.61. The summed E-state index contributed by atoms with van der Waals surface area (Å²) in [5.41, 5.74) is 6.21. The molecule has 3 rings (SSSR count). The molecule has 1 heterocycles. The fourth-order valence-electron chi connectivity index (χ4n) is 2.83. The highest BCUT2D eigenvalue weighted by atomic mass is 15.1. The van der Waals surface area contributed by atoms with Crippen LogP contribution in [0, 0.1) is 13.8 Å². The van der Waals surface area contributed by atoms with Gasteiger partial charge in [0.15, 0.2) is 0 Å². The number of likely N-dealkylation sites (N-methyl/N-ethyl adjacent to an activating group) is 1. The van der Waals surface area contributed by atoms with E-state index in [-0.39, 0.29) is 6.04 Å². The largest absolute Gasteiger partial charge is 0.329 e. The topological polar surface area (TPSA) is 29.9 Å². The molecule has 3 nitrogen and oxygen atoms in total. The van der Waals surface area contributed by atoms with Crippen molar-refractivity contribution in [2.45, 2.75) is 26.4 Å². The van der Waals surface area contributed by atoms with E-state index >= 15 is 0 Å². The Morgan fingerprint density at radius 3 is 2.76 bits per heavy atom. The van der Waals surface area contributed by atoms with Crippen molar-refractivity contribution in [2.24, 2.45) is 0 Å². The lowest BCUT2D eigenvalue weighted by Crippen LogP contribution is -2.22. The van der Waals surface area contributed by atoms with Gasteiger partial charge in [0.05, 0.1) is 23.4 Å². The number of hydrogen-bond acceptors (Lipinski definition) is 2.